The molecule has 0 saturated heterocycles. The van der Waals surface area contributed by atoms with Crippen LogP contribution in [0.25, 0.3) is 0 Å². The number of carbonyl (C=O) groups excluding carboxylic acids is 1. The van der Waals surface area contributed by atoms with Gasteiger partial charge >= 0.3 is 0 Å². The lowest BCUT2D eigenvalue weighted by molar-refractivity contribution is -0.125. The quantitative estimate of drug-likeness (QED) is 0.538. The number of nitrogens with zero attached hydrogens (tertiary/aromatic N) is 3. The molecule has 1 N–H and O–H groups in total. The summed E-state index contributed by atoms with van der Waals surface area (Å²) in [4.78, 5) is 15.7. The molecule has 8 nitrogen and oxygen atoms in total. The average Bonchev–Trinajstić information content (AvgIpc) is 2.80. The molecule has 2 aromatic rings. The van der Waals surface area contributed by atoms with Crippen molar-refractivity contribution in [3.63, 3.8) is 0 Å². The maximum atomic E-state index is 13.5. The van der Waals surface area contributed by atoms with Gasteiger partial charge in [-0.3, -0.25) is 9.69 Å². The third-order valence-corrected chi connectivity index (χ3v) is 8.19. The molecule has 9 heteroatoms. The zero-order chi connectivity index (χ0) is 25.8. The number of nitrogens with one attached hydrogen (secondary N) is 1. The molecular weight excluding hydrogens is 464 g/mol. The number of para-hydroxylation sites is 1. The Morgan fingerprint density at radius 1 is 1.06 bits per heavy atom. The van der Waals surface area contributed by atoms with Gasteiger partial charge in [0.2, 0.25) is 5.91 Å². The molecule has 1 heterocycles. The Bertz CT molecular complexity index is 1100. The number of carbonyl (C=O) groups is 1. The van der Waals surface area contributed by atoms with Crippen LogP contribution in [0.3, 0.4) is 0 Å². The van der Waals surface area contributed by atoms with Crippen molar-refractivity contribution in [1.29, 1.82) is 0 Å². The van der Waals surface area contributed by atoms with E-state index in [-0.39, 0.29) is 12.5 Å². The SMILES string of the molecule is CC(C)N(CCNC(=O)C1c2ccc(Oc3ccccc3)cc2CCN1S(=O)(=O)N(C)C)C(C)C. The fraction of sp³-hybridized carbons (Fsp3) is 0.500. The highest BCUT2D eigenvalue weighted by molar-refractivity contribution is 7.86. The minimum absolute atomic E-state index is 0.213. The van der Waals surface area contributed by atoms with Crippen LogP contribution in [-0.4, -0.2) is 73.6 Å². The van der Waals surface area contributed by atoms with Gasteiger partial charge in [0.05, 0.1) is 0 Å². The topological polar surface area (TPSA) is 82.2 Å². The van der Waals surface area contributed by atoms with E-state index in [1.807, 2.05) is 42.5 Å². The van der Waals surface area contributed by atoms with E-state index in [1.165, 1.54) is 18.4 Å². The van der Waals surface area contributed by atoms with Crippen molar-refractivity contribution in [2.75, 3.05) is 33.7 Å². The summed E-state index contributed by atoms with van der Waals surface area (Å²) in [6.45, 7) is 9.83. The number of benzene rings is 2. The zero-order valence-corrected chi connectivity index (χ0v) is 22.4. The first kappa shape index (κ1) is 27.1. The van der Waals surface area contributed by atoms with Gasteiger partial charge < -0.3 is 10.1 Å². The van der Waals surface area contributed by atoms with Gasteiger partial charge in [0, 0.05) is 45.8 Å². The predicted molar refractivity (Wildman–Crippen MR) is 139 cm³/mol. The van der Waals surface area contributed by atoms with Crippen LogP contribution < -0.4 is 10.1 Å². The van der Waals surface area contributed by atoms with Crippen LogP contribution >= 0.6 is 0 Å². The molecule has 0 saturated carbocycles. The number of ether oxygens (including phenoxy) is 1. The number of rotatable bonds is 10. The van der Waals surface area contributed by atoms with Gasteiger partial charge in [-0.05, 0) is 69.5 Å². The second kappa shape index (κ2) is 11.5. The average molecular weight is 503 g/mol. The molecule has 1 unspecified atom stereocenters. The largest absolute Gasteiger partial charge is 0.457 e. The summed E-state index contributed by atoms with van der Waals surface area (Å²) < 4.78 is 34.7. The van der Waals surface area contributed by atoms with Crippen LogP contribution in [0.5, 0.6) is 11.5 Å². The van der Waals surface area contributed by atoms with Gasteiger partial charge in [0.1, 0.15) is 17.5 Å². The second-order valence-corrected chi connectivity index (χ2v) is 11.6. The van der Waals surface area contributed by atoms with Gasteiger partial charge in [-0.1, -0.05) is 24.3 Å². The van der Waals surface area contributed by atoms with Crippen molar-refractivity contribution in [3.8, 4) is 11.5 Å². The standard InChI is InChI=1S/C26H38N4O4S/c1-19(2)29(20(3)4)17-15-27-26(31)25-24-13-12-23(34-22-10-8-7-9-11-22)18-21(24)14-16-30(25)35(32,33)28(5)6/h7-13,18-20,25H,14-17H2,1-6H3,(H,27,31). The molecule has 0 bridgehead atoms. The van der Waals surface area contributed by atoms with Crippen LogP contribution in [0.4, 0.5) is 0 Å². The first-order valence-corrected chi connectivity index (χ1v) is 13.5. The summed E-state index contributed by atoms with van der Waals surface area (Å²) >= 11 is 0. The minimum atomic E-state index is -3.80. The lowest BCUT2D eigenvalue weighted by Crippen LogP contribution is -2.51. The fourth-order valence-electron chi connectivity index (χ4n) is 4.52. The second-order valence-electron chi connectivity index (χ2n) is 9.55. The predicted octanol–water partition coefficient (Wildman–Crippen LogP) is 3.42. The van der Waals surface area contributed by atoms with Crippen LogP contribution in [0, 0.1) is 0 Å². The molecule has 0 aliphatic carbocycles. The summed E-state index contributed by atoms with van der Waals surface area (Å²) in [5.74, 6) is 1.05. The van der Waals surface area contributed by atoms with Gasteiger partial charge in [-0.15, -0.1) is 0 Å². The molecule has 0 radical (unpaired) electrons. The van der Waals surface area contributed by atoms with Crippen molar-refractivity contribution >= 4 is 16.1 Å². The van der Waals surface area contributed by atoms with E-state index >= 15 is 0 Å². The molecule has 2 aromatic carbocycles. The van der Waals surface area contributed by atoms with E-state index in [0.29, 0.717) is 48.7 Å². The fourth-order valence-corrected chi connectivity index (χ4v) is 5.73. The molecule has 35 heavy (non-hydrogen) atoms. The van der Waals surface area contributed by atoms with E-state index in [0.717, 1.165) is 9.87 Å². The molecule has 0 fully saturated rings. The Labute approximate surface area is 210 Å². The zero-order valence-electron chi connectivity index (χ0n) is 21.6. The molecule has 192 valence electrons. The lowest BCUT2D eigenvalue weighted by atomic mass is 9.93. The Balaban J connectivity index is 1.87. The Kier molecular flexibility index (Phi) is 8.93. The smallest absolute Gasteiger partial charge is 0.282 e. The highest BCUT2D eigenvalue weighted by Gasteiger charge is 2.41. The number of hydrogen-bond donors (Lipinski definition) is 1. The summed E-state index contributed by atoms with van der Waals surface area (Å²) in [6.07, 6.45) is 0.493. The third-order valence-electron chi connectivity index (χ3n) is 6.28. The van der Waals surface area contributed by atoms with Gasteiger partial charge in [-0.2, -0.15) is 17.0 Å². The lowest BCUT2D eigenvalue weighted by Gasteiger charge is -2.37. The molecule has 1 aliphatic rings. The molecule has 1 amide bonds. The first-order valence-electron chi connectivity index (χ1n) is 12.1. The van der Waals surface area contributed by atoms with E-state index in [1.54, 1.807) is 6.07 Å². The highest BCUT2D eigenvalue weighted by Crippen LogP contribution is 2.35. The first-order chi connectivity index (χ1) is 16.5. The molecule has 0 spiro atoms. The van der Waals surface area contributed by atoms with Crippen molar-refractivity contribution in [3.05, 3.63) is 59.7 Å². The Morgan fingerprint density at radius 2 is 1.71 bits per heavy atom. The van der Waals surface area contributed by atoms with Crippen LogP contribution in [0.15, 0.2) is 48.5 Å². The van der Waals surface area contributed by atoms with E-state index in [4.69, 9.17) is 4.74 Å². The van der Waals surface area contributed by atoms with Crippen LogP contribution in [-0.2, 0) is 21.4 Å². The van der Waals surface area contributed by atoms with Crippen molar-refractivity contribution < 1.29 is 17.9 Å². The Hall–Kier alpha value is -2.46. The van der Waals surface area contributed by atoms with Crippen molar-refractivity contribution in [2.45, 2.75) is 52.2 Å². The van der Waals surface area contributed by atoms with Crippen LogP contribution in [0.1, 0.15) is 44.9 Å². The van der Waals surface area contributed by atoms with Gasteiger partial charge in [-0.25, -0.2) is 0 Å². The normalized spacial score (nSPS) is 16.7. The monoisotopic (exact) mass is 502 g/mol. The van der Waals surface area contributed by atoms with Gasteiger partial charge in [0.25, 0.3) is 10.2 Å². The number of amides is 1. The number of fused-ring (bicyclic) bond motifs is 1. The summed E-state index contributed by atoms with van der Waals surface area (Å²) in [6, 6.07) is 14.7. The molecule has 1 atom stereocenters. The number of hydrogen-bond acceptors (Lipinski definition) is 5. The van der Waals surface area contributed by atoms with E-state index < -0.39 is 16.3 Å². The van der Waals surface area contributed by atoms with E-state index in [2.05, 4.69) is 37.9 Å². The summed E-state index contributed by atoms with van der Waals surface area (Å²) in [7, 11) is -0.828. The Morgan fingerprint density at radius 3 is 2.31 bits per heavy atom. The maximum Gasteiger partial charge on any atom is 0.282 e. The maximum absolute atomic E-state index is 13.5. The molecule has 0 aromatic heterocycles. The minimum Gasteiger partial charge on any atom is -0.457 e. The summed E-state index contributed by atoms with van der Waals surface area (Å²) in [5, 5.41) is 2.99. The van der Waals surface area contributed by atoms with Crippen molar-refractivity contribution in [2.24, 2.45) is 0 Å². The molecule has 1 aliphatic heterocycles. The van der Waals surface area contributed by atoms with Crippen molar-refractivity contribution in [1.82, 2.24) is 18.8 Å². The molecule has 3 rings (SSSR count). The van der Waals surface area contributed by atoms with Crippen LogP contribution in [0.2, 0.25) is 0 Å². The summed E-state index contributed by atoms with van der Waals surface area (Å²) in [5.41, 5.74) is 1.60. The highest BCUT2D eigenvalue weighted by atomic mass is 32.2. The van der Waals surface area contributed by atoms with E-state index in [9.17, 15) is 13.2 Å². The third kappa shape index (κ3) is 6.41. The van der Waals surface area contributed by atoms with Gasteiger partial charge in [0.15, 0.2) is 0 Å². The molecular formula is C26H38N4O4S.